The molecule has 23 heavy (non-hydrogen) atoms. The summed E-state index contributed by atoms with van der Waals surface area (Å²) in [5, 5.41) is 6.71. The second kappa shape index (κ2) is 10.4. The highest BCUT2D eigenvalue weighted by molar-refractivity contribution is 7.98. The van der Waals surface area contributed by atoms with Crippen molar-refractivity contribution in [1.29, 1.82) is 0 Å². The van der Waals surface area contributed by atoms with Crippen LogP contribution in [0.4, 0.5) is 0 Å². The molecule has 0 amide bonds. The van der Waals surface area contributed by atoms with Crippen molar-refractivity contribution in [3.8, 4) is 5.75 Å². The van der Waals surface area contributed by atoms with Crippen molar-refractivity contribution in [2.24, 2.45) is 4.99 Å². The summed E-state index contributed by atoms with van der Waals surface area (Å²) < 4.78 is 6.02. The van der Waals surface area contributed by atoms with E-state index in [2.05, 4.69) is 48.7 Å². The number of aliphatic imine (C=N–C) groups is 1. The summed E-state index contributed by atoms with van der Waals surface area (Å²) in [7, 11) is 1.80. The van der Waals surface area contributed by atoms with E-state index in [1.165, 1.54) is 12.2 Å². The molecule has 0 spiro atoms. The maximum Gasteiger partial charge on any atom is 0.191 e. The van der Waals surface area contributed by atoms with Crippen LogP contribution in [0.5, 0.6) is 5.75 Å². The number of rotatable bonds is 8. The summed E-state index contributed by atoms with van der Waals surface area (Å²) in [6.07, 6.45) is 4.53. The van der Waals surface area contributed by atoms with Crippen LogP contribution in [0.25, 0.3) is 0 Å². The minimum Gasteiger partial charge on any atom is -0.488 e. The molecule has 0 aliphatic carbocycles. The topological polar surface area (TPSA) is 45.7 Å². The molecule has 1 rings (SSSR count). The lowest BCUT2D eigenvalue weighted by Crippen LogP contribution is -2.37. The molecule has 0 atom stereocenters. The predicted octanol–water partition coefficient (Wildman–Crippen LogP) is 3.67. The molecule has 0 unspecified atom stereocenters. The van der Waals surface area contributed by atoms with Crippen LogP contribution in [0.2, 0.25) is 0 Å². The van der Waals surface area contributed by atoms with Crippen molar-refractivity contribution in [1.82, 2.24) is 10.6 Å². The summed E-state index contributed by atoms with van der Waals surface area (Å²) in [4.78, 5) is 4.27. The molecule has 4 nitrogen and oxygen atoms in total. The first-order valence-corrected chi connectivity index (χ1v) is 9.56. The lowest BCUT2D eigenvalue weighted by molar-refractivity contribution is 0.129. The van der Waals surface area contributed by atoms with Gasteiger partial charge in [-0.25, -0.2) is 0 Å². The molecule has 5 heteroatoms. The lowest BCUT2D eigenvalue weighted by Gasteiger charge is -2.23. The van der Waals surface area contributed by atoms with Gasteiger partial charge in [-0.3, -0.25) is 4.99 Å². The first kappa shape index (κ1) is 19.7. The second-order valence-electron chi connectivity index (χ2n) is 6.37. The van der Waals surface area contributed by atoms with Gasteiger partial charge in [0.05, 0.1) is 0 Å². The highest BCUT2D eigenvalue weighted by Crippen LogP contribution is 2.22. The number of hydrogen-bond acceptors (Lipinski definition) is 3. The van der Waals surface area contributed by atoms with Gasteiger partial charge in [0.1, 0.15) is 11.4 Å². The van der Waals surface area contributed by atoms with E-state index < -0.39 is 0 Å². The van der Waals surface area contributed by atoms with Gasteiger partial charge in [-0.1, -0.05) is 18.2 Å². The van der Waals surface area contributed by atoms with Crippen molar-refractivity contribution in [2.45, 2.75) is 45.8 Å². The summed E-state index contributed by atoms with van der Waals surface area (Å²) in [6.45, 7) is 7.82. The Hall–Kier alpha value is -1.36. The molecule has 2 N–H and O–H groups in total. The minimum absolute atomic E-state index is 0.201. The fraction of sp³-hybridized carbons (Fsp3) is 0.611. The normalized spacial score (nSPS) is 12.1. The molecule has 0 aliphatic heterocycles. The number of para-hydroxylation sites is 1. The molecule has 0 fully saturated rings. The van der Waals surface area contributed by atoms with Crippen molar-refractivity contribution in [3.63, 3.8) is 0 Å². The molecule has 1 aromatic carbocycles. The molecule has 0 aromatic heterocycles. The van der Waals surface area contributed by atoms with E-state index in [-0.39, 0.29) is 5.60 Å². The molecule has 0 saturated carbocycles. The minimum atomic E-state index is -0.201. The Morgan fingerprint density at radius 1 is 1.17 bits per heavy atom. The van der Waals surface area contributed by atoms with Gasteiger partial charge in [0.2, 0.25) is 0 Å². The van der Waals surface area contributed by atoms with Crippen molar-refractivity contribution >= 4 is 17.7 Å². The molecular formula is C18H31N3OS. The van der Waals surface area contributed by atoms with Gasteiger partial charge in [-0.05, 0) is 51.7 Å². The highest BCUT2D eigenvalue weighted by Gasteiger charge is 2.14. The average molecular weight is 338 g/mol. The standard InChI is InChI=1S/C18H31N3OS/c1-18(2,3)22-16-11-7-6-10-15(16)14-21-17(19-4)20-12-8-9-13-23-5/h6-7,10-11H,8-9,12-14H2,1-5H3,(H2,19,20,21). The molecule has 1 aromatic rings. The number of ether oxygens (including phenoxy) is 1. The summed E-state index contributed by atoms with van der Waals surface area (Å²) in [5.74, 6) is 2.97. The van der Waals surface area contributed by atoms with Crippen LogP contribution < -0.4 is 15.4 Å². The summed E-state index contributed by atoms with van der Waals surface area (Å²) in [5.41, 5.74) is 0.931. The number of thioether (sulfide) groups is 1. The number of nitrogens with one attached hydrogen (secondary N) is 2. The van der Waals surface area contributed by atoms with Crippen LogP contribution in [0, 0.1) is 0 Å². The first-order valence-electron chi connectivity index (χ1n) is 8.16. The maximum absolute atomic E-state index is 6.02. The first-order chi connectivity index (χ1) is 11.0. The van der Waals surface area contributed by atoms with Gasteiger partial charge in [-0.2, -0.15) is 11.8 Å². The average Bonchev–Trinajstić information content (AvgIpc) is 2.50. The quantitative estimate of drug-likeness (QED) is 0.432. The Bertz CT molecular complexity index is 483. The fourth-order valence-electron chi connectivity index (χ4n) is 2.06. The molecule has 0 saturated heterocycles. The molecule has 0 heterocycles. The number of guanidine groups is 1. The van der Waals surface area contributed by atoms with Crippen molar-refractivity contribution in [2.75, 3.05) is 25.6 Å². The van der Waals surface area contributed by atoms with Gasteiger partial charge in [0, 0.05) is 25.7 Å². The lowest BCUT2D eigenvalue weighted by atomic mass is 10.1. The van der Waals surface area contributed by atoms with Crippen LogP contribution in [0.1, 0.15) is 39.2 Å². The van der Waals surface area contributed by atoms with Gasteiger partial charge in [0.15, 0.2) is 5.96 Å². The predicted molar refractivity (Wildman–Crippen MR) is 103 cm³/mol. The third kappa shape index (κ3) is 8.74. The van der Waals surface area contributed by atoms with Crippen LogP contribution in [0.3, 0.4) is 0 Å². The molecule has 0 bridgehead atoms. The number of hydrogen-bond donors (Lipinski definition) is 2. The van der Waals surface area contributed by atoms with E-state index >= 15 is 0 Å². The van der Waals surface area contributed by atoms with E-state index in [1.54, 1.807) is 7.05 Å². The molecule has 130 valence electrons. The van der Waals surface area contributed by atoms with E-state index in [1.807, 2.05) is 30.0 Å². The Kier molecular flexibility index (Phi) is 8.92. The Morgan fingerprint density at radius 3 is 2.57 bits per heavy atom. The number of benzene rings is 1. The monoisotopic (exact) mass is 337 g/mol. The molecule has 0 radical (unpaired) electrons. The van der Waals surface area contributed by atoms with Gasteiger partial charge >= 0.3 is 0 Å². The number of unbranched alkanes of at least 4 members (excludes halogenated alkanes) is 1. The SMILES string of the molecule is CN=C(NCCCCSC)NCc1ccccc1OC(C)(C)C. The molecular weight excluding hydrogens is 306 g/mol. The summed E-state index contributed by atoms with van der Waals surface area (Å²) in [6, 6.07) is 8.13. The molecule has 0 aliphatic rings. The van der Waals surface area contributed by atoms with E-state index in [4.69, 9.17) is 4.74 Å². The van der Waals surface area contributed by atoms with Gasteiger partial charge in [0.25, 0.3) is 0 Å². The Morgan fingerprint density at radius 2 is 1.91 bits per heavy atom. The van der Waals surface area contributed by atoms with Crippen LogP contribution in [-0.2, 0) is 6.54 Å². The highest BCUT2D eigenvalue weighted by atomic mass is 32.2. The number of nitrogens with zero attached hydrogens (tertiary/aromatic N) is 1. The largest absolute Gasteiger partial charge is 0.488 e. The van der Waals surface area contributed by atoms with Crippen molar-refractivity contribution < 1.29 is 4.74 Å². The van der Waals surface area contributed by atoms with E-state index in [0.29, 0.717) is 6.54 Å². The van der Waals surface area contributed by atoms with Crippen LogP contribution in [-0.4, -0.2) is 37.2 Å². The van der Waals surface area contributed by atoms with Crippen molar-refractivity contribution in [3.05, 3.63) is 29.8 Å². The zero-order valence-corrected chi connectivity index (χ0v) is 15.9. The fourth-order valence-corrected chi connectivity index (χ4v) is 2.55. The van der Waals surface area contributed by atoms with Gasteiger partial charge in [-0.15, -0.1) is 0 Å². The Balaban J connectivity index is 2.49. The second-order valence-corrected chi connectivity index (χ2v) is 7.36. The zero-order chi connectivity index (χ0) is 17.1. The van der Waals surface area contributed by atoms with E-state index in [9.17, 15) is 0 Å². The summed E-state index contributed by atoms with van der Waals surface area (Å²) >= 11 is 1.89. The van der Waals surface area contributed by atoms with Crippen LogP contribution in [0.15, 0.2) is 29.3 Å². The van der Waals surface area contributed by atoms with E-state index in [0.717, 1.165) is 30.2 Å². The third-order valence-corrected chi connectivity index (χ3v) is 3.82. The zero-order valence-electron chi connectivity index (χ0n) is 15.1. The van der Waals surface area contributed by atoms with Gasteiger partial charge < -0.3 is 15.4 Å². The third-order valence-electron chi connectivity index (χ3n) is 3.13. The Labute approximate surface area is 145 Å². The van der Waals surface area contributed by atoms with Crippen LogP contribution >= 0.6 is 11.8 Å². The maximum atomic E-state index is 6.02. The smallest absolute Gasteiger partial charge is 0.191 e.